The molecule has 9 aromatic carbocycles. The van der Waals surface area contributed by atoms with Gasteiger partial charge in [-0.2, -0.15) is 0 Å². The molecule has 0 N–H and O–H groups in total. The standard InChI is InChI=1S/C51H38N2/c1-51(2)45-28-15-16-29-46(45)53(48-31-17-30-47(49(48)51)52(37-20-5-3-6-21-37)38-22-7-4-8-23-38)50-40-25-12-9-18-35(40)32-33-43(50)44-34-36-19-10-11-24-39(36)41-26-13-14-27-42(41)44/h3-34H,1-2H3. The molecule has 252 valence electrons. The highest BCUT2D eigenvalue weighted by Crippen LogP contribution is 2.58. The van der Waals surface area contributed by atoms with Crippen LogP contribution in [0.4, 0.5) is 34.1 Å². The Bertz CT molecular complexity index is 2780. The molecular weight excluding hydrogens is 641 g/mol. The third-order valence-electron chi connectivity index (χ3n) is 11.2. The number of hydrogen-bond acceptors (Lipinski definition) is 2. The zero-order chi connectivity index (χ0) is 35.5. The van der Waals surface area contributed by atoms with Gasteiger partial charge in [-0.3, -0.25) is 0 Å². The van der Waals surface area contributed by atoms with E-state index in [9.17, 15) is 0 Å². The van der Waals surface area contributed by atoms with Gasteiger partial charge >= 0.3 is 0 Å². The highest BCUT2D eigenvalue weighted by molar-refractivity contribution is 6.17. The molecule has 2 nitrogen and oxygen atoms in total. The minimum atomic E-state index is -0.318. The maximum Gasteiger partial charge on any atom is 0.0618 e. The van der Waals surface area contributed by atoms with Crippen LogP contribution in [0.1, 0.15) is 25.0 Å². The van der Waals surface area contributed by atoms with Gasteiger partial charge in [-0.15, -0.1) is 0 Å². The second-order valence-electron chi connectivity index (χ2n) is 14.5. The zero-order valence-electron chi connectivity index (χ0n) is 29.9. The average Bonchev–Trinajstić information content (AvgIpc) is 3.21. The summed E-state index contributed by atoms with van der Waals surface area (Å²) in [6.45, 7) is 4.78. The van der Waals surface area contributed by atoms with Crippen LogP contribution in [-0.2, 0) is 5.41 Å². The summed E-state index contributed by atoms with van der Waals surface area (Å²) in [7, 11) is 0. The van der Waals surface area contributed by atoms with E-state index < -0.39 is 0 Å². The SMILES string of the molecule is CC1(C)c2ccccc2N(c2c(-c3cc4ccccc4c4ccccc34)ccc3ccccc23)c2cccc(N(c3ccccc3)c3ccccc3)c21. The minimum absolute atomic E-state index is 0.318. The van der Waals surface area contributed by atoms with E-state index in [1.807, 2.05) is 0 Å². The second kappa shape index (κ2) is 12.3. The average molecular weight is 679 g/mol. The van der Waals surface area contributed by atoms with Gasteiger partial charge in [0.15, 0.2) is 0 Å². The molecule has 1 heterocycles. The van der Waals surface area contributed by atoms with Crippen LogP contribution in [-0.4, -0.2) is 0 Å². The zero-order valence-corrected chi connectivity index (χ0v) is 29.9. The lowest BCUT2D eigenvalue weighted by molar-refractivity contribution is 0.632. The Balaban J connectivity index is 1.33. The van der Waals surface area contributed by atoms with E-state index in [-0.39, 0.29) is 5.41 Å². The lowest BCUT2D eigenvalue weighted by Crippen LogP contribution is -2.32. The molecule has 0 spiro atoms. The number of hydrogen-bond donors (Lipinski definition) is 0. The first-order chi connectivity index (χ1) is 26.1. The van der Waals surface area contributed by atoms with Crippen molar-refractivity contribution in [3.8, 4) is 11.1 Å². The Morgan fingerprint density at radius 3 is 1.72 bits per heavy atom. The van der Waals surface area contributed by atoms with Crippen LogP contribution < -0.4 is 9.80 Å². The number of nitrogens with zero attached hydrogens (tertiary/aromatic N) is 2. The third kappa shape index (κ3) is 4.87. The Morgan fingerprint density at radius 1 is 0.415 bits per heavy atom. The molecule has 0 radical (unpaired) electrons. The minimum Gasteiger partial charge on any atom is -0.310 e. The van der Waals surface area contributed by atoms with Crippen LogP contribution in [0.25, 0.3) is 43.4 Å². The molecule has 0 bridgehead atoms. The molecule has 0 atom stereocenters. The number of para-hydroxylation sites is 3. The summed E-state index contributed by atoms with van der Waals surface area (Å²) in [5, 5.41) is 7.47. The highest BCUT2D eigenvalue weighted by atomic mass is 15.2. The molecule has 53 heavy (non-hydrogen) atoms. The number of rotatable bonds is 5. The van der Waals surface area contributed by atoms with Gasteiger partial charge in [0.05, 0.1) is 22.7 Å². The molecule has 2 heteroatoms. The van der Waals surface area contributed by atoms with E-state index in [2.05, 4.69) is 218 Å². The maximum absolute atomic E-state index is 2.56. The van der Waals surface area contributed by atoms with Crippen molar-refractivity contribution in [1.29, 1.82) is 0 Å². The van der Waals surface area contributed by atoms with Gasteiger partial charge in [0.25, 0.3) is 0 Å². The fourth-order valence-corrected chi connectivity index (χ4v) is 8.82. The number of fused-ring (bicyclic) bond motifs is 6. The summed E-state index contributed by atoms with van der Waals surface area (Å²) in [5.41, 5.74) is 11.7. The quantitative estimate of drug-likeness (QED) is 0.167. The van der Waals surface area contributed by atoms with Crippen LogP contribution in [0.15, 0.2) is 194 Å². The van der Waals surface area contributed by atoms with Crippen LogP contribution >= 0.6 is 0 Å². The molecule has 0 saturated heterocycles. The molecule has 0 amide bonds. The smallest absolute Gasteiger partial charge is 0.0618 e. The fraction of sp³-hybridized carbons (Fsp3) is 0.0588. The van der Waals surface area contributed by atoms with E-state index in [0.717, 1.165) is 11.4 Å². The van der Waals surface area contributed by atoms with Crippen molar-refractivity contribution in [2.75, 3.05) is 9.80 Å². The predicted molar refractivity (Wildman–Crippen MR) is 226 cm³/mol. The lowest BCUT2D eigenvalue weighted by Gasteiger charge is -2.45. The molecule has 0 aromatic heterocycles. The second-order valence-corrected chi connectivity index (χ2v) is 14.5. The summed E-state index contributed by atoms with van der Waals surface area (Å²) in [6.07, 6.45) is 0. The maximum atomic E-state index is 2.56. The summed E-state index contributed by atoms with van der Waals surface area (Å²) >= 11 is 0. The lowest BCUT2D eigenvalue weighted by atomic mass is 9.72. The summed E-state index contributed by atoms with van der Waals surface area (Å²) in [5.74, 6) is 0. The van der Waals surface area contributed by atoms with Crippen LogP contribution in [0, 0.1) is 0 Å². The normalized spacial score (nSPS) is 13.2. The molecule has 0 fully saturated rings. The highest BCUT2D eigenvalue weighted by Gasteiger charge is 2.41. The van der Waals surface area contributed by atoms with Crippen LogP contribution in [0.5, 0.6) is 0 Å². The monoisotopic (exact) mass is 678 g/mol. The van der Waals surface area contributed by atoms with Crippen LogP contribution in [0.2, 0.25) is 0 Å². The van der Waals surface area contributed by atoms with Crippen molar-refractivity contribution >= 4 is 66.4 Å². The molecule has 1 aliphatic rings. The Kier molecular flexibility index (Phi) is 7.19. The van der Waals surface area contributed by atoms with Gasteiger partial charge in [0.1, 0.15) is 0 Å². The first-order valence-electron chi connectivity index (χ1n) is 18.5. The Morgan fingerprint density at radius 2 is 0.981 bits per heavy atom. The van der Waals surface area contributed by atoms with Crippen molar-refractivity contribution in [2.45, 2.75) is 19.3 Å². The van der Waals surface area contributed by atoms with Gasteiger partial charge in [-0.1, -0.05) is 159 Å². The molecule has 0 aliphatic carbocycles. The van der Waals surface area contributed by atoms with Crippen LogP contribution in [0.3, 0.4) is 0 Å². The van der Waals surface area contributed by atoms with Gasteiger partial charge in [-0.25, -0.2) is 0 Å². The van der Waals surface area contributed by atoms with Gasteiger partial charge < -0.3 is 9.80 Å². The molecular formula is C51H38N2. The largest absolute Gasteiger partial charge is 0.310 e. The molecule has 9 aromatic rings. The van der Waals surface area contributed by atoms with Gasteiger partial charge in [0.2, 0.25) is 0 Å². The summed E-state index contributed by atoms with van der Waals surface area (Å²) in [6, 6.07) is 71.0. The van der Waals surface area contributed by atoms with Crippen molar-refractivity contribution < 1.29 is 0 Å². The predicted octanol–water partition coefficient (Wildman–Crippen LogP) is 14.4. The summed E-state index contributed by atoms with van der Waals surface area (Å²) < 4.78 is 0. The van der Waals surface area contributed by atoms with E-state index in [1.165, 1.54) is 77.3 Å². The van der Waals surface area contributed by atoms with Crippen molar-refractivity contribution in [3.63, 3.8) is 0 Å². The van der Waals surface area contributed by atoms with E-state index in [4.69, 9.17) is 0 Å². The van der Waals surface area contributed by atoms with E-state index in [0.29, 0.717) is 0 Å². The number of anilines is 6. The molecule has 1 aliphatic heterocycles. The molecule has 0 unspecified atom stereocenters. The fourth-order valence-electron chi connectivity index (χ4n) is 8.82. The third-order valence-corrected chi connectivity index (χ3v) is 11.2. The van der Waals surface area contributed by atoms with Crippen molar-refractivity contribution in [3.05, 3.63) is 205 Å². The van der Waals surface area contributed by atoms with Crippen molar-refractivity contribution in [2.24, 2.45) is 0 Å². The topological polar surface area (TPSA) is 6.48 Å². The van der Waals surface area contributed by atoms with E-state index >= 15 is 0 Å². The number of benzene rings is 9. The molecule has 10 rings (SSSR count). The Labute approximate surface area is 310 Å². The summed E-state index contributed by atoms with van der Waals surface area (Å²) in [4.78, 5) is 4.99. The van der Waals surface area contributed by atoms with Crippen molar-refractivity contribution in [1.82, 2.24) is 0 Å². The molecule has 0 saturated carbocycles. The van der Waals surface area contributed by atoms with E-state index in [1.54, 1.807) is 0 Å². The first kappa shape index (κ1) is 31.1. The van der Waals surface area contributed by atoms with Gasteiger partial charge in [0, 0.05) is 33.3 Å². The first-order valence-corrected chi connectivity index (χ1v) is 18.5. The van der Waals surface area contributed by atoms with Gasteiger partial charge in [-0.05, 0) is 86.6 Å². The Hall–Kier alpha value is -6.64.